The molecule has 0 saturated carbocycles. The minimum absolute atomic E-state index is 0.0465. The second-order valence-corrected chi connectivity index (χ2v) is 5.58. The Morgan fingerprint density at radius 2 is 1.24 bits per heavy atom. The van der Waals surface area contributed by atoms with Crippen molar-refractivity contribution in [2.45, 2.75) is 0 Å². The third kappa shape index (κ3) is 3.03. The van der Waals surface area contributed by atoms with E-state index in [4.69, 9.17) is 85.9 Å². The van der Waals surface area contributed by atoms with E-state index < -0.39 is 0 Å². The van der Waals surface area contributed by atoms with E-state index in [1.807, 2.05) is 0 Å². The maximum atomic E-state index is 6.00. The molecule has 0 aliphatic carbocycles. The molecule has 1 aromatic rings. The third-order valence-electron chi connectivity index (χ3n) is 1.81. The quantitative estimate of drug-likeness (QED) is 0.526. The molecule has 0 atom stereocenters. The summed E-state index contributed by atoms with van der Waals surface area (Å²) in [5, 5.41) is 0.218. The van der Waals surface area contributed by atoms with E-state index in [0.29, 0.717) is 0 Å². The number of rotatable bonds is 2. The Balaban J connectivity index is 3.72. The van der Waals surface area contributed by atoms with Crippen molar-refractivity contribution in [2.24, 2.45) is 0 Å². The molecule has 0 unspecified atom stereocenters. The lowest BCUT2D eigenvalue weighted by Gasteiger charge is -2.14. The van der Waals surface area contributed by atoms with Gasteiger partial charge in [0, 0.05) is 5.56 Å². The summed E-state index contributed by atoms with van der Waals surface area (Å²) in [5.74, 6) is 0.155. The van der Waals surface area contributed by atoms with E-state index >= 15 is 0 Å². The van der Waals surface area contributed by atoms with Crippen LogP contribution in [0.15, 0.2) is 4.49 Å². The van der Waals surface area contributed by atoms with Gasteiger partial charge in [0.2, 0.25) is 0 Å². The molecule has 0 amide bonds. The van der Waals surface area contributed by atoms with Gasteiger partial charge in [0.15, 0.2) is 5.75 Å². The van der Waals surface area contributed by atoms with Crippen molar-refractivity contribution in [3.05, 3.63) is 30.1 Å². The minimum Gasteiger partial charge on any atom is -0.494 e. The van der Waals surface area contributed by atoms with E-state index in [1.165, 1.54) is 7.11 Å². The first kappa shape index (κ1) is 15.8. The van der Waals surface area contributed by atoms with Gasteiger partial charge in [-0.25, -0.2) is 0 Å². The van der Waals surface area contributed by atoms with Crippen LogP contribution in [0.4, 0.5) is 0 Å². The van der Waals surface area contributed by atoms with Gasteiger partial charge in [-0.2, -0.15) is 0 Å². The van der Waals surface area contributed by atoms with Crippen LogP contribution in [0.2, 0.25) is 20.1 Å². The Hall–Kier alpha value is 0.790. The molecule has 0 aliphatic heterocycles. The molecule has 0 aromatic heterocycles. The molecule has 1 nitrogen and oxygen atoms in total. The van der Waals surface area contributed by atoms with E-state index in [0.717, 1.165) is 0 Å². The van der Waals surface area contributed by atoms with Crippen molar-refractivity contribution in [3.63, 3.8) is 0 Å². The van der Waals surface area contributed by atoms with E-state index in [2.05, 4.69) is 0 Å². The van der Waals surface area contributed by atoms with Crippen molar-refractivity contribution in [3.8, 4) is 5.75 Å². The fraction of sp³-hybridized carbons (Fsp3) is 0.111. The molecule has 0 saturated heterocycles. The second kappa shape index (κ2) is 6.29. The standard InChI is InChI=1S/C9H3Cl7O/c1-17-8-6(13)3(10)2(4(11)7(8)14)5(12)9(15)16/h1H3. The fourth-order valence-corrected chi connectivity index (χ4v) is 2.73. The number of hydrogen-bond donors (Lipinski definition) is 0. The largest absolute Gasteiger partial charge is 0.494 e. The highest BCUT2D eigenvalue weighted by Crippen LogP contribution is 2.49. The average molecular weight is 375 g/mol. The van der Waals surface area contributed by atoms with Gasteiger partial charge in [-0.3, -0.25) is 0 Å². The van der Waals surface area contributed by atoms with Crippen LogP contribution in [-0.2, 0) is 0 Å². The van der Waals surface area contributed by atoms with Crippen LogP contribution in [0.5, 0.6) is 5.75 Å². The Labute approximate surface area is 133 Å². The molecule has 0 fully saturated rings. The maximum absolute atomic E-state index is 6.00. The Morgan fingerprint density at radius 1 is 0.824 bits per heavy atom. The Bertz CT molecular complexity index is 462. The lowest BCUT2D eigenvalue weighted by Crippen LogP contribution is -1.92. The van der Waals surface area contributed by atoms with Crippen LogP contribution in [0.25, 0.3) is 5.03 Å². The number of benzene rings is 1. The predicted octanol–water partition coefficient (Wildman–Crippen LogP) is 6.65. The molecule has 0 bridgehead atoms. The molecule has 8 heteroatoms. The van der Waals surface area contributed by atoms with Crippen LogP contribution >= 0.6 is 81.2 Å². The zero-order valence-corrected chi connectivity index (χ0v) is 13.3. The van der Waals surface area contributed by atoms with E-state index in [9.17, 15) is 0 Å². The van der Waals surface area contributed by atoms with E-state index in [-0.39, 0.29) is 40.9 Å². The summed E-state index contributed by atoms with van der Waals surface area (Å²) in [4.78, 5) is 0. The molecule has 0 heterocycles. The summed E-state index contributed by atoms with van der Waals surface area (Å²) in [6, 6.07) is 0. The maximum Gasteiger partial charge on any atom is 0.159 e. The lowest BCUT2D eigenvalue weighted by molar-refractivity contribution is 0.415. The molecule has 17 heavy (non-hydrogen) atoms. The summed E-state index contributed by atoms with van der Waals surface area (Å²) in [6.45, 7) is 0. The van der Waals surface area contributed by atoms with Gasteiger partial charge in [-0.1, -0.05) is 81.2 Å². The van der Waals surface area contributed by atoms with Crippen molar-refractivity contribution in [1.82, 2.24) is 0 Å². The first-order valence-corrected chi connectivity index (χ1v) is 6.58. The van der Waals surface area contributed by atoms with Gasteiger partial charge in [-0.15, -0.1) is 0 Å². The van der Waals surface area contributed by atoms with Gasteiger partial charge in [0.05, 0.1) is 22.2 Å². The molecular weight excluding hydrogens is 372 g/mol. The molecule has 0 aliphatic rings. The van der Waals surface area contributed by atoms with Crippen LogP contribution in [0, 0.1) is 0 Å². The van der Waals surface area contributed by atoms with Crippen molar-refractivity contribution in [2.75, 3.05) is 7.11 Å². The van der Waals surface area contributed by atoms with Gasteiger partial charge < -0.3 is 4.74 Å². The monoisotopic (exact) mass is 372 g/mol. The number of halogens is 7. The molecule has 0 radical (unpaired) electrons. The highest BCUT2D eigenvalue weighted by Gasteiger charge is 2.23. The molecule has 1 rings (SSSR count). The smallest absolute Gasteiger partial charge is 0.159 e. The first-order valence-electron chi connectivity index (χ1n) is 3.94. The van der Waals surface area contributed by atoms with Crippen LogP contribution in [-0.4, -0.2) is 7.11 Å². The minimum atomic E-state index is -0.201. The van der Waals surface area contributed by atoms with Gasteiger partial charge in [0.25, 0.3) is 0 Å². The lowest BCUT2D eigenvalue weighted by atomic mass is 10.2. The molecule has 0 spiro atoms. The molecule has 1 aromatic carbocycles. The Morgan fingerprint density at radius 3 is 1.53 bits per heavy atom. The zero-order valence-electron chi connectivity index (χ0n) is 8.05. The topological polar surface area (TPSA) is 9.23 Å². The average Bonchev–Trinajstić information content (AvgIpc) is 2.27. The SMILES string of the molecule is COc1c(Cl)c(Cl)c(C(Cl)=C(Cl)Cl)c(Cl)c1Cl. The van der Waals surface area contributed by atoms with Gasteiger partial charge >= 0.3 is 0 Å². The van der Waals surface area contributed by atoms with Gasteiger partial charge in [0.1, 0.15) is 14.5 Å². The zero-order chi connectivity index (χ0) is 13.3. The normalized spacial score (nSPS) is 10.4. The summed E-state index contributed by atoms with van der Waals surface area (Å²) in [5.41, 5.74) is 0.158. The van der Waals surface area contributed by atoms with Crippen molar-refractivity contribution < 1.29 is 4.74 Å². The highest BCUT2D eigenvalue weighted by atomic mass is 35.5. The van der Waals surface area contributed by atoms with Crippen molar-refractivity contribution in [1.29, 1.82) is 0 Å². The number of hydrogen-bond acceptors (Lipinski definition) is 1. The summed E-state index contributed by atoms with van der Waals surface area (Å²) >= 11 is 40.9. The second-order valence-electron chi connectivity index (χ2n) is 2.74. The predicted molar refractivity (Wildman–Crippen MR) is 77.5 cm³/mol. The molecule has 0 N–H and O–H groups in total. The number of ether oxygens (including phenoxy) is 1. The summed E-state index contributed by atoms with van der Waals surface area (Å²) in [6.07, 6.45) is 0. The van der Waals surface area contributed by atoms with Gasteiger partial charge in [-0.05, 0) is 0 Å². The number of methoxy groups -OCH3 is 1. The summed E-state index contributed by atoms with van der Waals surface area (Å²) < 4.78 is 4.77. The van der Waals surface area contributed by atoms with Crippen molar-refractivity contribution >= 4 is 86.2 Å². The van der Waals surface area contributed by atoms with Crippen LogP contribution < -0.4 is 4.74 Å². The Kier molecular flexibility index (Phi) is 5.87. The van der Waals surface area contributed by atoms with Crippen LogP contribution in [0.1, 0.15) is 5.56 Å². The first-order chi connectivity index (χ1) is 7.82. The van der Waals surface area contributed by atoms with E-state index in [1.54, 1.807) is 0 Å². The third-order valence-corrected chi connectivity index (χ3v) is 4.43. The fourth-order valence-electron chi connectivity index (χ4n) is 1.08. The molecule has 94 valence electrons. The summed E-state index contributed by atoms with van der Waals surface area (Å²) in [7, 11) is 1.38. The highest BCUT2D eigenvalue weighted by molar-refractivity contribution is 6.68. The molecular formula is C9H3Cl7O. The van der Waals surface area contributed by atoms with Crippen LogP contribution in [0.3, 0.4) is 0 Å².